The average molecular weight is 552 g/mol. The van der Waals surface area contributed by atoms with Crippen LogP contribution in [0.5, 0.6) is 5.75 Å². The number of ether oxygens (including phenoxy) is 1. The fourth-order valence-corrected chi connectivity index (χ4v) is 7.17. The fraction of sp³-hybridized carbons (Fsp3) is 0.424. The van der Waals surface area contributed by atoms with Gasteiger partial charge in [0.25, 0.3) is 0 Å². The molecule has 2 aromatic heterocycles. The van der Waals surface area contributed by atoms with Crippen LogP contribution in [0.15, 0.2) is 53.7 Å². The largest absolute Gasteiger partial charge is 0.497 e. The number of aliphatic hydroxyl groups excluding tert-OH is 1. The van der Waals surface area contributed by atoms with Gasteiger partial charge in [0.05, 0.1) is 36.3 Å². The Hall–Kier alpha value is -3.91. The van der Waals surface area contributed by atoms with Gasteiger partial charge >= 0.3 is 0 Å². The van der Waals surface area contributed by atoms with E-state index in [0.29, 0.717) is 6.54 Å². The monoisotopic (exact) mass is 551 g/mol. The number of piperidine rings is 1. The number of hydrogen-bond donors (Lipinski definition) is 1. The molecule has 3 atom stereocenters. The number of methoxy groups -OCH3 is 1. The maximum Gasteiger partial charge on any atom is 0.221 e. The molecule has 2 saturated heterocycles. The second kappa shape index (κ2) is 9.87. The molecule has 0 bridgehead atoms. The van der Waals surface area contributed by atoms with Crippen molar-refractivity contribution in [1.82, 2.24) is 14.5 Å². The minimum absolute atomic E-state index is 0.148. The number of likely N-dealkylation sites (tertiary alicyclic amines) is 1. The van der Waals surface area contributed by atoms with Crippen molar-refractivity contribution in [2.75, 3.05) is 31.6 Å². The summed E-state index contributed by atoms with van der Waals surface area (Å²) in [5.41, 5.74) is 5.97. The zero-order chi connectivity index (χ0) is 28.4. The molecule has 0 spiro atoms. The van der Waals surface area contributed by atoms with E-state index in [9.17, 15) is 9.90 Å². The van der Waals surface area contributed by atoms with Gasteiger partial charge in [-0.1, -0.05) is 6.07 Å². The molecule has 7 rings (SSSR count). The molecule has 1 amide bonds. The predicted octanol–water partition coefficient (Wildman–Crippen LogP) is 5.78. The molecule has 3 aliphatic heterocycles. The molecular weight excluding hydrogens is 514 g/mol. The van der Waals surface area contributed by atoms with Crippen LogP contribution >= 0.6 is 0 Å². The number of nitrogens with zero attached hydrogens (tertiary/aromatic N) is 5. The lowest BCUT2D eigenvalue weighted by atomic mass is 9.78. The summed E-state index contributed by atoms with van der Waals surface area (Å²) in [4.78, 5) is 27.1. The molecule has 0 radical (unpaired) electrons. The highest BCUT2D eigenvalue weighted by molar-refractivity contribution is 6.05. The van der Waals surface area contributed by atoms with Gasteiger partial charge in [0.15, 0.2) is 0 Å². The molecule has 212 valence electrons. The molecule has 3 unspecified atom stereocenters. The van der Waals surface area contributed by atoms with Crippen LogP contribution in [0.1, 0.15) is 63.1 Å². The summed E-state index contributed by atoms with van der Waals surface area (Å²) < 4.78 is 7.85. The molecule has 2 aromatic carbocycles. The van der Waals surface area contributed by atoms with Crippen molar-refractivity contribution in [3.8, 4) is 5.75 Å². The smallest absolute Gasteiger partial charge is 0.221 e. The molecule has 1 N–H and O–H groups in total. The minimum Gasteiger partial charge on any atom is -0.497 e. The first-order valence-corrected chi connectivity index (χ1v) is 14.8. The molecule has 5 heterocycles. The van der Waals surface area contributed by atoms with Gasteiger partial charge in [-0.3, -0.25) is 9.79 Å². The number of carbonyl (C=O) groups excluding carboxylic acids is 1. The number of benzene rings is 2. The summed E-state index contributed by atoms with van der Waals surface area (Å²) >= 11 is 0. The van der Waals surface area contributed by atoms with Crippen LogP contribution in [-0.4, -0.2) is 64.1 Å². The van der Waals surface area contributed by atoms with Crippen LogP contribution in [0.2, 0.25) is 0 Å². The molecule has 8 heteroatoms. The highest BCUT2D eigenvalue weighted by atomic mass is 16.5. The van der Waals surface area contributed by atoms with Crippen molar-refractivity contribution in [1.29, 1.82) is 0 Å². The van der Waals surface area contributed by atoms with Crippen LogP contribution in [0.3, 0.4) is 0 Å². The third kappa shape index (κ3) is 4.10. The van der Waals surface area contributed by atoms with E-state index in [-0.39, 0.29) is 17.9 Å². The first-order valence-electron chi connectivity index (χ1n) is 14.8. The van der Waals surface area contributed by atoms with E-state index in [2.05, 4.69) is 59.8 Å². The van der Waals surface area contributed by atoms with E-state index < -0.39 is 12.1 Å². The lowest BCUT2D eigenvalue weighted by molar-refractivity contribution is -0.137. The lowest BCUT2D eigenvalue weighted by Crippen LogP contribution is -2.38. The van der Waals surface area contributed by atoms with E-state index in [1.54, 1.807) is 12.0 Å². The Morgan fingerprint density at radius 3 is 2.61 bits per heavy atom. The van der Waals surface area contributed by atoms with Gasteiger partial charge in [-0.25, -0.2) is 4.98 Å². The Balaban J connectivity index is 1.54. The van der Waals surface area contributed by atoms with Crippen LogP contribution in [0.25, 0.3) is 21.8 Å². The summed E-state index contributed by atoms with van der Waals surface area (Å²) in [6.07, 6.45) is 4.73. The molecule has 8 nitrogen and oxygen atoms in total. The fourth-order valence-electron chi connectivity index (χ4n) is 7.17. The molecule has 4 aromatic rings. The number of rotatable bonds is 4. The van der Waals surface area contributed by atoms with Crippen molar-refractivity contribution < 1.29 is 14.6 Å². The van der Waals surface area contributed by atoms with Crippen molar-refractivity contribution in [2.24, 2.45) is 10.9 Å². The van der Waals surface area contributed by atoms with E-state index in [1.807, 2.05) is 12.1 Å². The molecule has 41 heavy (non-hydrogen) atoms. The summed E-state index contributed by atoms with van der Waals surface area (Å²) in [7, 11) is 1.68. The highest BCUT2D eigenvalue weighted by Crippen LogP contribution is 2.50. The first-order chi connectivity index (χ1) is 19.9. The van der Waals surface area contributed by atoms with E-state index >= 15 is 0 Å². The Morgan fingerprint density at radius 2 is 1.88 bits per heavy atom. The first kappa shape index (κ1) is 26.0. The maximum absolute atomic E-state index is 12.7. The van der Waals surface area contributed by atoms with Gasteiger partial charge in [-0.2, -0.15) is 0 Å². The quantitative estimate of drug-likeness (QED) is 0.348. The number of anilines is 1. The van der Waals surface area contributed by atoms with Crippen molar-refractivity contribution in [3.05, 3.63) is 59.8 Å². The maximum atomic E-state index is 12.7. The third-order valence-corrected chi connectivity index (χ3v) is 9.17. The van der Waals surface area contributed by atoms with Crippen LogP contribution in [-0.2, 0) is 4.79 Å². The number of hydrogen-bond acceptors (Lipinski definition) is 6. The zero-order valence-corrected chi connectivity index (χ0v) is 24.2. The number of pyridine rings is 1. The third-order valence-electron chi connectivity index (χ3n) is 9.17. The van der Waals surface area contributed by atoms with Gasteiger partial charge in [0.2, 0.25) is 5.91 Å². The molecular formula is C33H37N5O3. The zero-order valence-electron chi connectivity index (χ0n) is 24.2. The van der Waals surface area contributed by atoms with Crippen molar-refractivity contribution in [3.63, 3.8) is 0 Å². The standard InChI is InChI=1S/C33H37N5O3/c1-19(2)37-17-24-29(31-27(18-38(20(3)39)33(31)40)34-25-9-8-10-28(37)30(24)25)23-15-21-11-12-22(41-4)16-26(21)35-32(23)36-13-6-5-7-14-36/h8-12,15-17,19,29,31,33,40H,5-7,13-14,18H2,1-4H3. The molecule has 3 aliphatic rings. The van der Waals surface area contributed by atoms with Crippen molar-refractivity contribution in [2.45, 2.75) is 58.2 Å². The average Bonchev–Trinajstić information content (AvgIpc) is 3.48. The van der Waals surface area contributed by atoms with Gasteiger partial charge in [-0.05, 0) is 69.0 Å². The van der Waals surface area contributed by atoms with Gasteiger partial charge in [0.1, 0.15) is 17.8 Å². The predicted molar refractivity (Wildman–Crippen MR) is 163 cm³/mol. The number of carbonyl (C=O) groups is 1. The van der Waals surface area contributed by atoms with Crippen molar-refractivity contribution >= 4 is 44.9 Å². The van der Waals surface area contributed by atoms with Crippen LogP contribution in [0, 0.1) is 5.92 Å². The Labute approximate surface area is 240 Å². The lowest BCUT2D eigenvalue weighted by Gasteiger charge is -2.34. The Morgan fingerprint density at radius 1 is 1.07 bits per heavy atom. The summed E-state index contributed by atoms with van der Waals surface area (Å²) in [5.74, 6) is 0.950. The number of aromatic nitrogens is 2. The highest BCUT2D eigenvalue weighted by Gasteiger charge is 2.48. The van der Waals surface area contributed by atoms with Gasteiger partial charge in [-0.15, -0.1) is 0 Å². The van der Waals surface area contributed by atoms with E-state index in [0.717, 1.165) is 81.8 Å². The summed E-state index contributed by atoms with van der Waals surface area (Å²) in [6, 6.07) is 14.8. The SMILES string of the molecule is COc1ccc2cc(C3c4cn(C(C)C)c5cccc(c45)N=C4CN(C(C)=O)C(O)C43)c(N3CCCCC3)nc2c1. The number of amides is 1. The topological polar surface area (TPSA) is 83.2 Å². The van der Waals surface area contributed by atoms with Crippen LogP contribution in [0.4, 0.5) is 11.5 Å². The van der Waals surface area contributed by atoms with E-state index in [4.69, 9.17) is 14.7 Å². The summed E-state index contributed by atoms with van der Waals surface area (Å²) in [5, 5.41) is 14.0. The molecule has 0 aliphatic carbocycles. The van der Waals surface area contributed by atoms with Gasteiger partial charge in [0, 0.05) is 66.3 Å². The second-order valence-electron chi connectivity index (χ2n) is 11.9. The molecule has 0 saturated carbocycles. The second-order valence-corrected chi connectivity index (χ2v) is 11.9. The van der Waals surface area contributed by atoms with Crippen LogP contribution < -0.4 is 9.64 Å². The van der Waals surface area contributed by atoms with E-state index in [1.165, 1.54) is 13.3 Å². The number of fused-ring (bicyclic) bond motifs is 2. The number of aliphatic imine (C=N–C) groups is 1. The Kier molecular flexibility index (Phi) is 6.27. The Bertz CT molecular complexity index is 1700. The normalized spacial score (nSPS) is 22.3. The number of aliphatic hydroxyl groups is 1. The molecule has 2 fully saturated rings. The van der Waals surface area contributed by atoms with Gasteiger partial charge < -0.3 is 24.2 Å². The summed E-state index contributed by atoms with van der Waals surface area (Å²) in [6.45, 7) is 8.11. The minimum atomic E-state index is -0.983.